The number of benzene rings is 1. The molecule has 1 aliphatic rings. The fraction of sp³-hybridized carbons (Fsp3) is 0.455. The molecule has 1 N–H and O–H groups in total. The number of hydrogen-bond acceptors (Lipinski definition) is 1. The summed E-state index contributed by atoms with van der Waals surface area (Å²) in [5.41, 5.74) is 1.26. The van der Waals surface area contributed by atoms with Crippen LogP contribution in [0.15, 0.2) is 24.3 Å². The minimum absolute atomic E-state index is 0.191. The molecule has 1 fully saturated rings. The van der Waals surface area contributed by atoms with Crippen LogP contribution in [-0.4, -0.2) is 11.2 Å². The van der Waals surface area contributed by atoms with Gasteiger partial charge in [0.1, 0.15) is 0 Å². The maximum atomic E-state index is 9.36. The highest BCUT2D eigenvalue weighted by atomic mass is 35.5. The summed E-state index contributed by atoms with van der Waals surface area (Å²) in [6, 6.07) is 7.92. The third-order valence-corrected chi connectivity index (χ3v) is 2.97. The predicted octanol–water partition coefficient (Wildman–Crippen LogP) is 2.82. The number of hydrogen-bond donors (Lipinski definition) is 1. The van der Waals surface area contributed by atoms with E-state index in [9.17, 15) is 5.11 Å². The van der Waals surface area contributed by atoms with E-state index in [1.165, 1.54) is 5.56 Å². The lowest BCUT2D eigenvalue weighted by molar-refractivity contribution is 0.169. The third-order valence-electron chi connectivity index (χ3n) is 2.74. The van der Waals surface area contributed by atoms with Gasteiger partial charge in [-0.2, -0.15) is 0 Å². The Morgan fingerprint density at radius 3 is 2.85 bits per heavy atom. The normalized spacial score (nSPS) is 28.5. The van der Waals surface area contributed by atoms with Gasteiger partial charge in [0.2, 0.25) is 0 Å². The van der Waals surface area contributed by atoms with E-state index in [0.717, 1.165) is 11.4 Å². The van der Waals surface area contributed by atoms with E-state index in [1.807, 2.05) is 25.1 Å². The van der Waals surface area contributed by atoms with E-state index in [-0.39, 0.29) is 6.10 Å². The molecule has 0 unspecified atom stereocenters. The van der Waals surface area contributed by atoms with E-state index >= 15 is 0 Å². The van der Waals surface area contributed by atoms with Gasteiger partial charge in [0.15, 0.2) is 0 Å². The minimum Gasteiger partial charge on any atom is -0.393 e. The topological polar surface area (TPSA) is 20.2 Å². The first-order valence-corrected chi connectivity index (χ1v) is 5.00. The average molecular weight is 197 g/mol. The van der Waals surface area contributed by atoms with Crippen LogP contribution in [0.2, 0.25) is 5.02 Å². The van der Waals surface area contributed by atoms with E-state index in [0.29, 0.717) is 11.8 Å². The van der Waals surface area contributed by atoms with Crippen LogP contribution < -0.4 is 0 Å². The van der Waals surface area contributed by atoms with Gasteiger partial charge in [-0.1, -0.05) is 23.7 Å². The molecule has 0 aliphatic heterocycles. The van der Waals surface area contributed by atoms with Crippen molar-refractivity contribution in [3.63, 3.8) is 0 Å². The standard InChI is InChI=1S/C11H13ClO/c1-7(13)10-6-11(10)8-3-2-4-9(12)5-8/h2-5,7,10-11,13H,6H2,1H3/t7-,10-,11-/m0/s1. The van der Waals surface area contributed by atoms with Gasteiger partial charge in [0.25, 0.3) is 0 Å². The summed E-state index contributed by atoms with van der Waals surface area (Å²) >= 11 is 5.88. The van der Waals surface area contributed by atoms with E-state index in [2.05, 4.69) is 6.07 Å². The maximum Gasteiger partial charge on any atom is 0.0546 e. The summed E-state index contributed by atoms with van der Waals surface area (Å²) in [5.74, 6) is 0.970. The maximum absolute atomic E-state index is 9.36. The second kappa shape index (κ2) is 3.32. The van der Waals surface area contributed by atoms with Gasteiger partial charge in [-0.25, -0.2) is 0 Å². The third kappa shape index (κ3) is 1.87. The van der Waals surface area contributed by atoms with E-state index in [4.69, 9.17) is 11.6 Å². The molecule has 1 saturated carbocycles. The molecule has 3 atom stereocenters. The number of halogens is 1. The Balaban J connectivity index is 2.12. The van der Waals surface area contributed by atoms with Gasteiger partial charge in [-0.05, 0) is 42.9 Å². The first-order valence-electron chi connectivity index (χ1n) is 4.62. The SMILES string of the molecule is C[C@H](O)[C@@H]1C[C@H]1c1cccc(Cl)c1. The molecule has 1 aromatic rings. The molecule has 13 heavy (non-hydrogen) atoms. The highest BCUT2D eigenvalue weighted by molar-refractivity contribution is 6.30. The van der Waals surface area contributed by atoms with Gasteiger partial charge >= 0.3 is 0 Å². The van der Waals surface area contributed by atoms with Gasteiger partial charge in [0, 0.05) is 5.02 Å². The molecule has 70 valence electrons. The second-order valence-corrected chi connectivity index (χ2v) is 4.24. The van der Waals surface area contributed by atoms with E-state index in [1.54, 1.807) is 0 Å². The van der Waals surface area contributed by atoms with Crippen LogP contribution in [0.3, 0.4) is 0 Å². The van der Waals surface area contributed by atoms with Gasteiger partial charge in [0.05, 0.1) is 6.10 Å². The van der Waals surface area contributed by atoms with Crippen molar-refractivity contribution in [2.75, 3.05) is 0 Å². The summed E-state index contributed by atoms with van der Waals surface area (Å²) in [4.78, 5) is 0. The fourth-order valence-electron chi connectivity index (χ4n) is 1.87. The Morgan fingerprint density at radius 2 is 2.31 bits per heavy atom. The largest absolute Gasteiger partial charge is 0.393 e. The zero-order chi connectivity index (χ0) is 9.42. The molecule has 0 heterocycles. The quantitative estimate of drug-likeness (QED) is 0.772. The lowest BCUT2D eigenvalue weighted by Crippen LogP contribution is -2.03. The first-order chi connectivity index (χ1) is 6.18. The Bertz CT molecular complexity index is 309. The average Bonchev–Trinajstić information content (AvgIpc) is 2.82. The summed E-state index contributed by atoms with van der Waals surface area (Å²) < 4.78 is 0. The molecule has 0 radical (unpaired) electrons. The Hall–Kier alpha value is -0.530. The minimum atomic E-state index is -0.191. The highest BCUT2D eigenvalue weighted by Gasteiger charge is 2.41. The fourth-order valence-corrected chi connectivity index (χ4v) is 2.07. The van der Waals surface area contributed by atoms with Gasteiger partial charge in [-0.15, -0.1) is 0 Å². The molecule has 1 aliphatic carbocycles. The molecule has 2 heteroatoms. The number of rotatable bonds is 2. The lowest BCUT2D eigenvalue weighted by Gasteiger charge is -2.03. The molecule has 0 bridgehead atoms. The molecule has 1 aromatic carbocycles. The lowest BCUT2D eigenvalue weighted by atomic mass is 10.1. The van der Waals surface area contributed by atoms with Crippen molar-refractivity contribution in [3.8, 4) is 0 Å². The molecule has 0 aromatic heterocycles. The van der Waals surface area contributed by atoms with E-state index < -0.39 is 0 Å². The van der Waals surface area contributed by atoms with Crippen molar-refractivity contribution >= 4 is 11.6 Å². The van der Waals surface area contributed by atoms with Crippen LogP contribution in [-0.2, 0) is 0 Å². The molecule has 0 saturated heterocycles. The van der Waals surface area contributed by atoms with Crippen LogP contribution in [0.25, 0.3) is 0 Å². The predicted molar refractivity (Wildman–Crippen MR) is 54.0 cm³/mol. The van der Waals surface area contributed by atoms with Crippen molar-refractivity contribution in [2.24, 2.45) is 5.92 Å². The highest BCUT2D eigenvalue weighted by Crippen LogP contribution is 2.49. The van der Waals surface area contributed by atoms with Crippen molar-refractivity contribution in [3.05, 3.63) is 34.9 Å². The molecule has 0 spiro atoms. The first kappa shape index (κ1) is 9.04. The second-order valence-electron chi connectivity index (χ2n) is 3.80. The molecule has 1 nitrogen and oxygen atoms in total. The summed E-state index contributed by atoms with van der Waals surface area (Å²) in [7, 11) is 0. The summed E-state index contributed by atoms with van der Waals surface area (Å²) in [6.45, 7) is 1.86. The van der Waals surface area contributed by atoms with Gasteiger partial charge < -0.3 is 5.11 Å². The van der Waals surface area contributed by atoms with Crippen molar-refractivity contribution in [2.45, 2.75) is 25.4 Å². The molecular weight excluding hydrogens is 184 g/mol. The number of aliphatic hydroxyl groups excluding tert-OH is 1. The summed E-state index contributed by atoms with van der Waals surface area (Å²) in [5, 5.41) is 10.1. The van der Waals surface area contributed by atoms with Gasteiger partial charge in [-0.3, -0.25) is 0 Å². The van der Waals surface area contributed by atoms with Crippen LogP contribution in [0.1, 0.15) is 24.8 Å². The molecule has 2 rings (SSSR count). The monoisotopic (exact) mass is 196 g/mol. The Morgan fingerprint density at radius 1 is 1.54 bits per heavy atom. The Labute approximate surface area is 83.3 Å². The van der Waals surface area contributed by atoms with Crippen molar-refractivity contribution in [1.29, 1.82) is 0 Å². The molecule has 0 amide bonds. The zero-order valence-electron chi connectivity index (χ0n) is 7.57. The van der Waals surface area contributed by atoms with Crippen LogP contribution >= 0.6 is 11.6 Å². The van der Waals surface area contributed by atoms with Crippen LogP contribution in [0, 0.1) is 5.92 Å². The van der Waals surface area contributed by atoms with Crippen LogP contribution in [0.5, 0.6) is 0 Å². The van der Waals surface area contributed by atoms with Crippen molar-refractivity contribution in [1.82, 2.24) is 0 Å². The molecular formula is C11H13ClO. The Kier molecular flexibility index (Phi) is 2.31. The summed E-state index contributed by atoms with van der Waals surface area (Å²) in [6.07, 6.45) is 0.904. The number of aliphatic hydroxyl groups is 1. The smallest absolute Gasteiger partial charge is 0.0546 e. The van der Waals surface area contributed by atoms with Crippen molar-refractivity contribution < 1.29 is 5.11 Å². The zero-order valence-corrected chi connectivity index (χ0v) is 8.33. The van der Waals surface area contributed by atoms with Crippen LogP contribution in [0.4, 0.5) is 0 Å².